The topological polar surface area (TPSA) is 60.7 Å². The summed E-state index contributed by atoms with van der Waals surface area (Å²) in [5, 5.41) is 30.1. The fraction of sp³-hybridized carbons (Fsp3) is 0.333. The number of hydrogen-bond donors (Lipinski definition) is 3. The zero-order valence-corrected chi connectivity index (χ0v) is 12.8. The van der Waals surface area contributed by atoms with E-state index in [9.17, 15) is 15.3 Å². The standard InChI is InChI=1S/C18H22O3/c1-4-11-9-12(5-2)13(6-3)14(10-11)17-15(19)7-8-16(20)18(17)21/h7-10,19-21H,4-6H2,1-3H3. The zero-order valence-electron chi connectivity index (χ0n) is 12.8. The lowest BCUT2D eigenvalue weighted by molar-refractivity contribution is 0.398. The molecule has 0 saturated heterocycles. The van der Waals surface area contributed by atoms with Crippen LogP contribution in [0.25, 0.3) is 11.1 Å². The average molecular weight is 286 g/mol. The third-order valence-corrected chi connectivity index (χ3v) is 3.95. The first-order valence-corrected chi connectivity index (χ1v) is 7.42. The van der Waals surface area contributed by atoms with Crippen LogP contribution >= 0.6 is 0 Å². The summed E-state index contributed by atoms with van der Waals surface area (Å²) in [7, 11) is 0. The molecular weight excluding hydrogens is 264 g/mol. The summed E-state index contributed by atoms with van der Waals surface area (Å²) < 4.78 is 0. The molecule has 3 heteroatoms. The number of hydrogen-bond acceptors (Lipinski definition) is 3. The number of phenols is 3. The molecule has 0 amide bonds. The molecule has 0 fully saturated rings. The number of aryl methyl sites for hydroxylation is 2. The van der Waals surface area contributed by atoms with E-state index >= 15 is 0 Å². The van der Waals surface area contributed by atoms with E-state index in [1.165, 1.54) is 17.7 Å². The van der Waals surface area contributed by atoms with Gasteiger partial charge in [-0.3, -0.25) is 0 Å². The maximum atomic E-state index is 10.2. The van der Waals surface area contributed by atoms with Gasteiger partial charge in [-0.05, 0) is 53.6 Å². The molecule has 0 heterocycles. The number of rotatable bonds is 4. The predicted octanol–water partition coefficient (Wildman–Crippen LogP) is 4.16. The normalized spacial score (nSPS) is 10.8. The molecule has 2 aromatic carbocycles. The fourth-order valence-corrected chi connectivity index (χ4v) is 2.79. The van der Waals surface area contributed by atoms with Gasteiger partial charge in [0.1, 0.15) is 5.75 Å². The molecule has 0 aliphatic carbocycles. The summed E-state index contributed by atoms with van der Waals surface area (Å²) in [6.45, 7) is 6.23. The molecule has 0 unspecified atom stereocenters. The maximum absolute atomic E-state index is 10.2. The Balaban J connectivity index is 2.82. The van der Waals surface area contributed by atoms with Gasteiger partial charge in [0.15, 0.2) is 11.5 Å². The van der Waals surface area contributed by atoms with Gasteiger partial charge in [-0.15, -0.1) is 0 Å². The highest BCUT2D eigenvalue weighted by molar-refractivity contribution is 5.82. The van der Waals surface area contributed by atoms with Crippen molar-refractivity contribution in [1.29, 1.82) is 0 Å². The van der Waals surface area contributed by atoms with Crippen LogP contribution in [-0.2, 0) is 19.3 Å². The Kier molecular flexibility index (Phi) is 4.41. The Morgan fingerprint density at radius 1 is 0.810 bits per heavy atom. The van der Waals surface area contributed by atoms with Crippen molar-refractivity contribution in [3.05, 3.63) is 41.0 Å². The van der Waals surface area contributed by atoms with Gasteiger partial charge in [0.2, 0.25) is 0 Å². The van der Waals surface area contributed by atoms with Gasteiger partial charge in [0.25, 0.3) is 0 Å². The van der Waals surface area contributed by atoms with Crippen molar-refractivity contribution in [2.75, 3.05) is 0 Å². The Morgan fingerprint density at radius 2 is 1.48 bits per heavy atom. The Morgan fingerprint density at radius 3 is 2.05 bits per heavy atom. The van der Waals surface area contributed by atoms with E-state index in [0.717, 1.165) is 36.0 Å². The van der Waals surface area contributed by atoms with Gasteiger partial charge >= 0.3 is 0 Å². The van der Waals surface area contributed by atoms with Gasteiger partial charge in [0, 0.05) is 0 Å². The molecule has 0 atom stereocenters. The molecule has 0 radical (unpaired) electrons. The summed E-state index contributed by atoms with van der Waals surface area (Å²) in [4.78, 5) is 0. The highest BCUT2D eigenvalue weighted by Gasteiger charge is 2.18. The van der Waals surface area contributed by atoms with E-state index in [2.05, 4.69) is 26.8 Å². The monoisotopic (exact) mass is 286 g/mol. The molecule has 0 saturated carbocycles. The highest BCUT2D eigenvalue weighted by atomic mass is 16.3. The molecular formula is C18H22O3. The molecule has 2 aromatic rings. The highest BCUT2D eigenvalue weighted by Crippen LogP contribution is 2.45. The number of aromatic hydroxyl groups is 3. The third-order valence-electron chi connectivity index (χ3n) is 3.95. The summed E-state index contributed by atoms with van der Waals surface area (Å²) >= 11 is 0. The lowest BCUT2D eigenvalue weighted by Gasteiger charge is -2.17. The SMILES string of the molecule is CCc1cc(CC)c(CC)c(-c2c(O)ccc(O)c2O)c1. The van der Waals surface area contributed by atoms with E-state index < -0.39 is 0 Å². The maximum Gasteiger partial charge on any atom is 0.169 e. The molecule has 0 spiro atoms. The summed E-state index contributed by atoms with van der Waals surface area (Å²) in [6.07, 6.45) is 2.58. The molecule has 3 nitrogen and oxygen atoms in total. The average Bonchev–Trinajstić information content (AvgIpc) is 2.50. The van der Waals surface area contributed by atoms with Crippen LogP contribution in [0.15, 0.2) is 24.3 Å². The quantitative estimate of drug-likeness (QED) is 0.584. The van der Waals surface area contributed by atoms with Crippen molar-refractivity contribution in [1.82, 2.24) is 0 Å². The van der Waals surface area contributed by atoms with Crippen molar-refractivity contribution < 1.29 is 15.3 Å². The largest absolute Gasteiger partial charge is 0.507 e. The molecule has 0 aliphatic rings. The Labute approximate surface area is 125 Å². The second-order valence-corrected chi connectivity index (χ2v) is 5.17. The molecule has 0 aliphatic heterocycles. The molecule has 21 heavy (non-hydrogen) atoms. The van der Waals surface area contributed by atoms with Gasteiger partial charge < -0.3 is 15.3 Å². The van der Waals surface area contributed by atoms with Crippen molar-refractivity contribution in [2.45, 2.75) is 40.0 Å². The lowest BCUT2D eigenvalue weighted by atomic mass is 9.89. The Hall–Kier alpha value is -2.16. The van der Waals surface area contributed by atoms with Crippen molar-refractivity contribution >= 4 is 0 Å². The first-order valence-electron chi connectivity index (χ1n) is 7.42. The van der Waals surface area contributed by atoms with Gasteiger partial charge in [-0.1, -0.05) is 32.9 Å². The Bertz CT molecular complexity index is 660. The van der Waals surface area contributed by atoms with E-state index in [-0.39, 0.29) is 17.2 Å². The predicted molar refractivity (Wildman–Crippen MR) is 85.0 cm³/mol. The van der Waals surface area contributed by atoms with Gasteiger partial charge in [-0.25, -0.2) is 0 Å². The van der Waals surface area contributed by atoms with E-state index in [0.29, 0.717) is 5.56 Å². The van der Waals surface area contributed by atoms with Crippen LogP contribution in [0.1, 0.15) is 37.5 Å². The minimum Gasteiger partial charge on any atom is -0.507 e. The zero-order chi connectivity index (χ0) is 15.6. The van der Waals surface area contributed by atoms with Crippen LogP contribution in [0.3, 0.4) is 0 Å². The molecule has 2 rings (SSSR count). The van der Waals surface area contributed by atoms with Crippen molar-refractivity contribution in [2.24, 2.45) is 0 Å². The lowest BCUT2D eigenvalue weighted by Crippen LogP contribution is -1.98. The van der Waals surface area contributed by atoms with Gasteiger partial charge in [-0.2, -0.15) is 0 Å². The first-order chi connectivity index (χ1) is 10.0. The van der Waals surface area contributed by atoms with Crippen molar-refractivity contribution in [3.63, 3.8) is 0 Å². The summed E-state index contributed by atoms with van der Waals surface area (Å²) in [6, 6.07) is 6.88. The molecule has 0 aromatic heterocycles. The number of phenolic OH excluding ortho intramolecular Hbond substituents is 3. The van der Waals surface area contributed by atoms with E-state index in [4.69, 9.17) is 0 Å². The van der Waals surface area contributed by atoms with Crippen molar-refractivity contribution in [3.8, 4) is 28.4 Å². The smallest absolute Gasteiger partial charge is 0.169 e. The van der Waals surface area contributed by atoms with Crippen LogP contribution in [0.2, 0.25) is 0 Å². The van der Waals surface area contributed by atoms with Crippen LogP contribution in [-0.4, -0.2) is 15.3 Å². The molecule has 0 bridgehead atoms. The van der Waals surface area contributed by atoms with Crippen LogP contribution < -0.4 is 0 Å². The second-order valence-electron chi connectivity index (χ2n) is 5.17. The van der Waals surface area contributed by atoms with Gasteiger partial charge in [0.05, 0.1) is 5.56 Å². The van der Waals surface area contributed by atoms with Crippen LogP contribution in [0.4, 0.5) is 0 Å². The first kappa shape index (κ1) is 15.2. The third kappa shape index (κ3) is 2.68. The molecule has 3 N–H and O–H groups in total. The van der Waals surface area contributed by atoms with E-state index in [1.807, 2.05) is 6.07 Å². The minimum atomic E-state index is -0.264. The van der Waals surface area contributed by atoms with Crippen LogP contribution in [0.5, 0.6) is 17.2 Å². The van der Waals surface area contributed by atoms with Crippen LogP contribution in [0, 0.1) is 0 Å². The second kappa shape index (κ2) is 6.08. The summed E-state index contributed by atoms with van der Waals surface area (Å²) in [5.74, 6) is -0.500. The minimum absolute atomic E-state index is 0.0182. The number of benzene rings is 2. The fourth-order valence-electron chi connectivity index (χ4n) is 2.79. The molecule has 112 valence electrons. The summed E-state index contributed by atoms with van der Waals surface area (Å²) in [5.41, 5.74) is 4.59. The van der Waals surface area contributed by atoms with E-state index in [1.54, 1.807) is 0 Å².